The van der Waals surface area contributed by atoms with Crippen LogP contribution in [0.5, 0.6) is 0 Å². The summed E-state index contributed by atoms with van der Waals surface area (Å²) >= 11 is 6.04. The molecule has 0 spiro atoms. The second-order valence-electron chi connectivity index (χ2n) is 3.91. The van der Waals surface area contributed by atoms with Crippen molar-refractivity contribution in [3.63, 3.8) is 0 Å². The standard InChI is InChI=1S/C12H14ClN3O/c1-8-4-3-5-9-10(8)15-12(13)16(11(9)17)7-6-14-2/h3-5,14H,6-7H2,1-2H3. The van der Waals surface area contributed by atoms with Gasteiger partial charge in [0.05, 0.1) is 10.9 Å². The summed E-state index contributed by atoms with van der Waals surface area (Å²) in [6, 6.07) is 5.56. The molecule has 1 heterocycles. The Morgan fingerprint density at radius 2 is 2.24 bits per heavy atom. The van der Waals surface area contributed by atoms with Gasteiger partial charge in [-0.1, -0.05) is 12.1 Å². The zero-order valence-corrected chi connectivity index (χ0v) is 10.6. The van der Waals surface area contributed by atoms with Gasteiger partial charge in [-0.05, 0) is 37.2 Å². The van der Waals surface area contributed by atoms with Crippen molar-refractivity contribution in [2.75, 3.05) is 13.6 Å². The third-order valence-corrected chi connectivity index (χ3v) is 3.01. The molecule has 17 heavy (non-hydrogen) atoms. The fourth-order valence-corrected chi connectivity index (χ4v) is 2.02. The van der Waals surface area contributed by atoms with Crippen LogP contribution in [-0.4, -0.2) is 23.1 Å². The van der Waals surface area contributed by atoms with Gasteiger partial charge in [0.25, 0.3) is 5.56 Å². The van der Waals surface area contributed by atoms with Crippen LogP contribution in [0.25, 0.3) is 10.9 Å². The molecule has 0 unspecified atom stereocenters. The van der Waals surface area contributed by atoms with E-state index in [9.17, 15) is 4.79 Å². The molecule has 1 aromatic carbocycles. The molecule has 1 N–H and O–H groups in total. The molecule has 0 fully saturated rings. The van der Waals surface area contributed by atoms with Gasteiger partial charge < -0.3 is 5.32 Å². The number of rotatable bonds is 3. The van der Waals surface area contributed by atoms with Crippen LogP contribution < -0.4 is 10.9 Å². The van der Waals surface area contributed by atoms with Crippen LogP contribution in [-0.2, 0) is 6.54 Å². The molecule has 0 aliphatic rings. The van der Waals surface area contributed by atoms with E-state index in [1.165, 1.54) is 4.57 Å². The van der Waals surface area contributed by atoms with Crippen molar-refractivity contribution in [3.8, 4) is 0 Å². The van der Waals surface area contributed by atoms with Gasteiger partial charge in [-0.15, -0.1) is 0 Å². The van der Waals surface area contributed by atoms with Crippen molar-refractivity contribution in [1.82, 2.24) is 14.9 Å². The highest BCUT2D eigenvalue weighted by Gasteiger charge is 2.09. The van der Waals surface area contributed by atoms with Crippen molar-refractivity contribution in [1.29, 1.82) is 0 Å². The highest BCUT2D eigenvalue weighted by atomic mass is 35.5. The molecule has 4 nitrogen and oxygen atoms in total. The van der Waals surface area contributed by atoms with Gasteiger partial charge in [-0.2, -0.15) is 0 Å². The summed E-state index contributed by atoms with van der Waals surface area (Å²) in [6.07, 6.45) is 0. The first-order chi connectivity index (χ1) is 8.15. The number of likely N-dealkylation sites (N-methyl/N-ethyl adjacent to an activating group) is 1. The third kappa shape index (κ3) is 2.18. The zero-order valence-electron chi connectivity index (χ0n) is 9.83. The molecular formula is C12H14ClN3O. The van der Waals surface area contributed by atoms with Crippen LogP contribution in [0.15, 0.2) is 23.0 Å². The average Bonchev–Trinajstić information content (AvgIpc) is 2.31. The number of aromatic nitrogens is 2. The van der Waals surface area contributed by atoms with Gasteiger partial charge >= 0.3 is 0 Å². The van der Waals surface area contributed by atoms with E-state index in [4.69, 9.17) is 11.6 Å². The van der Waals surface area contributed by atoms with E-state index in [1.54, 1.807) is 6.07 Å². The van der Waals surface area contributed by atoms with Gasteiger partial charge in [-0.3, -0.25) is 9.36 Å². The first-order valence-corrected chi connectivity index (χ1v) is 5.83. The van der Waals surface area contributed by atoms with Crippen molar-refractivity contribution >= 4 is 22.5 Å². The van der Waals surface area contributed by atoms with Crippen LogP contribution in [0.2, 0.25) is 5.28 Å². The molecule has 0 radical (unpaired) electrons. The molecular weight excluding hydrogens is 238 g/mol. The smallest absolute Gasteiger partial charge is 0.262 e. The Morgan fingerprint density at radius 1 is 1.47 bits per heavy atom. The Kier molecular flexibility index (Phi) is 3.45. The van der Waals surface area contributed by atoms with Crippen molar-refractivity contribution in [2.24, 2.45) is 0 Å². The number of nitrogens with zero attached hydrogens (tertiary/aromatic N) is 2. The predicted octanol–water partition coefficient (Wildman–Crippen LogP) is 1.58. The summed E-state index contributed by atoms with van der Waals surface area (Å²) in [7, 11) is 1.83. The second kappa shape index (κ2) is 4.85. The lowest BCUT2D eigenvalue weighted by Gasteiger charge is -2.09. The summed E-state index contributed by atoms with van der Waals surface area (Å²) in [5.41, 5.74) is 1.56. The van der Waals surface area contributed by atoms with Gasteiger partial charge in [0.1, 0.15) is 0 Å². The Balaban J connectivity index is 2.68. The highest BCUT2D eigenvalue weighted by molar-refractivity contribution is 6.28. The van der Waals surface area contributed by atoms with Gasteiger partial charge in [-0.25, -0.2) is 4.98 Å². The summed E-state index contributed by atoms with van der Waals surface area (Å²) in [4.78, 5) is 16.5. The largest absolute Gasteiger partial charge is 0.318 e. The molecule has 0 aliphatic carbocycles. The summed E-state index contributed by atoms with van der Waals surface area (Å²) in [5, 5.41) is 3.84. The average molecular weight is 252 g/mol. The molecule has 0 amide bonds. The second-order valence-corrected chi connectivity index (χ2v) is 4.25. The minimum absolute atomic E-state index is 0.0843. The number of hydrogen-bond donors (Lipinski definition) is 1. The number of fused-ring (bicyclic) bond motifs is 1. The summed E-state index contributed by atoms with van der Waals surface area (Å²) in [5.74, 6) is 0. The topological polar surface area (TPSA) is 46.9 Å². The first kappa shape index (κ1) is 12.1. The lowest BCUT2D eigenvalue weighted by atomic mass is 10.1. The van der Waals surface area contributed by atoms with E-state index in [2.05, 4.69) is 10.3 Å². The minimum atomic E-state index is -0.0843. The fraction of sp³-hybridized carbons (Fsp3) is 0.333. The summed E-state index contributed by atoms with van der Waals surface area (Å²) < 4.78 is 1.49. The molecule has 0 bridgehead atoms. The van der Waals surface area contributed by atoms with E-state index >= 15 is 0 Å². The van der Waals surface area contributed by atoms with E-state index in [0.29, 0.717) is 24.0 Å². The normalized spacial score (nSPS) is 11.0. The number of hydrogen-bond acceptors (Lipinski definition) is 3. The van der Waals surface area contributed by atoms with Crippen molar-refractivity contribution in [2.45, 2.75) is 13.5 Å². The lowest BCUT2D eigenvalue weighted by Crippen LogP contribution is -2.27. The molecule has 2 rings (SSSR count). The number of halogens is 1. The van der Waals surface area contributed by atoms with Gasteiger partial charge in [0, 0.05) is 13.1 Å². The maximum absolute atomic E-state index is 12.2. The monoisotopic (exact) mass is 251 g/mol. The fourth-order valence-electron chi connectivity index (χ4n) is 1.78. The molecule has 0 saturated heterocycles. The van der Waals surface area contributed by atoms with Crippen molar-refractivity contribution in [3.05, 3.63) is 39.4 Å². The SMILES string of the molecule is CNCCn1c(Cl)nc2c(C)cccc2c1=O. The third-order valence-electron chi connectivity index (χ3n) is 2.73. The molecule has 0 aliphatic heterocycles. The Hall–Kier alpha value is -1.39. The number of benzene rings is 1. The Labute approximate surface area is 104 Å². The molecule has 0 saturated carbocycles. The zero-order chi connectivity index (χ0) is 12.4. The van der Waals surface area contributed by atoms with E-state index in [0.717, 1.165) is 5.56 Å². The van der Waals surface area contributed by atoms with E-state index in [1.807, 2.05) is 26.1 Å². The van der Waals surface area contributed by atoms with Crippen molar-refractivity contribution < 1.29 is 0 Å². The highest BCUT2D eigenvalue weighted by Crippen LogP contribution is 2.15. The summed E-state index contributed by atoms with van der Waals surface area (Å²) in [6.45, 7) is 3.12. The van der Waals surface area contributed by atoms with Crippen LogP contribution in [0, 0.1) is 6.92 Å². The first-order valence-electron chi connectivity index (χ1n) is 5.45. The maximum Gasteiger partial charge on any atom is 0.262 e. The maximum atomic E-state index is 12.2. The van der Waals surface area contributed by atoms with Crippen LogP contribution in [0.4, 0.5) is 0 Å². The number of para-hydroxylation sites is 1. The quantitative estimate of drug-likeness (QED) is 0.843. The van der Waals surface area contributed by atoms with Gasteiger partial charge in [0.2, 0.25) is 5.28 Å². The van der Waals surface area contributed by atoms with E-state index in [-0.39, 0.29) is 10.8 Å². The molecule has 2 aromatic rings. The lowest BCUT2D eigenvalue weighted by molar-refractivity contribution is 0.622. The van der Waals surface area contributed by atoms with Crippen LogP contribution >= 0.6 is 11.6 Å². The molecule has 5 heteroatoms. The predicted molar refractivity (Wildman–Crippen MR) is 69.7 cm³/mol. The Bertz CT molecular complexity index is 606. The van der Waals surface area contributed by atoms with Crippen LogP contribution in [0.3, 0.4) is 0 Å². The molecule has 90 valence electrons. The number of nitrogens with one attached hydrogen (secondary N) is 1. The minimum Gasteiger partial charge on any atom is -0.318 e. The van der Waals surface area contributed by atoms with Gasteiger partial charge in [0.15, 0.2) is 0 Å². The van der Waals surface area contributed by atoms with Crippen LogP contribution in [0.1, 0.15) is 5.56 Å². The molecule has 1 aromatic heterocycles. The number of aryl methyl sites for hydroxylation is 1. The Morgan fingerprint density at radius 3 is 2.94 bits per heavy atom. The van der Waals surface area contributed by atoms with E-state index < -0.39 is 0 Å². The molecule has 0 atom stereocenters.